The topological polar surface area (TPSA) is 48.1 Å². The van der Waals surface area contributed by atoms with Gasteiger partial charge >= 0.3 is 0 Å². The quantitative estimate of drug-likeness (QED) is 0.759. The van der Waals surface area contributed by atoms with Crippen molar-refractivity contribution >= 4 is 17.4 Å². The Hall–Kier alpha value is -1.10. The van der Waals surface area contributed by atoms with Crippen LogP contribution in [0.1, 0.15) is 12.0 Å². The van der Waals surface area contributed by atoms with Crippen molar-refractivity contribution in [1.29, 1.82) is 0 Å². The van der Waals surface area contributed by atoms with Gasteiger partial charge in [-0.25, -0.2) is 13.8 Å². The third-order valence-corrected chi connectivity index (χ3v) is 1.65. The monoisotopic (exact) mass is 208 g/mol. The number of rotatable bonds is 2. The van der Waals surface area contributed by atoms with Crippen LogP contribution in [0.3, 0.4) is 0 Å². The Morgan fingerprint density at radius 3 is 2.69 bits per heavy atom. The molecule has 0 radical (unpaired) electrons. The summed E-state index contributed by atoms with van der Waals surface area (Å²) in [4.78, 5) is 3.49. The van der Waals surface area contributed by atoms with Gasteiger partial charge in [-0.05, 0) is 0 Å². The average molecular weight is 209 g/mol. The number of nitrogens with zero attached hydrogens (tertiary/aromatic N) is 1. The van der Waals surface area contributed by atoms with Crippen molar-refractivity contribution in [2.24, 2.45) is 0 Å². The van der Waals surface area contributed by atoms with Gasteiger partial charge in [0.2, 0.25) is 0 Å². The van der Waals surface area contributed by atoms with Crippen LogP contribution < -0.4 is 10.5 Å². The molecule has 0 fully saturated rings. The van der Waals surface area contributed by atoms with E-state index in [2.05, 4.69) is 9.72 Å². The van der Waals surface area contributed by atoms with Crippen LogP contribution in [0.2, 0.25) is 5.15 Å². The molecule has 72 valence electrons. The summed E-state index contributed by atoms with van der Waals surface area (Å²) >= 11 is 5.49. The van der Waals surface area contributed by atoms with Crippen molar-refractivity contribution in [2.45, 2.75) is 6.43 Å². The minimum atomic E-state index is -2.72. The van der Waals surface area contributed by atoms with Gasteiger partial charge in [0.1, 0.15) is 22.3 Å². The number of nitrogen functional groups attached to an aromatic ring is 1. The maximum Gasteiger partial charge on any atom is 0.270 e. The molecule has 1 aromatic rings. The maximum atomic E-state index is 12.4. The highest BCUT2D eigenvalue weighted by Gasteiger charge is 2.19. The molecule has 0 aromatic carbocycles. The molecule has 0 saturated carbocycles. The molecule has 0 aliphatic carbocycles. The number of nitrogens with two attached hydrogens (primary N) is 1. The fourth-order valence-electron chi connectivity index (χ4n) is 0.908. The lowest BCUT2D eigenvalue weighted by Gasteiger charge is -2.09. The second-order valence-corrected chi connectivity index (χ2v) is 2.63. The zero-order valence-corrected chi connectivity index (χ0v) is 7.48. The molecular weight excluding hydrogens is 202 g/mol. The predicted octanol–water partition coefficient (Wildman–Crippen LogP) is 2.26. The second-order valence-electron chi connectivity index (χ2n) is 2.25. The lowest BCUT2D eigenvalue weighted by molar-refractivity contribution is 0.147. The Bertz CT molecular complexity index is 320. The highest BCUT2D eigenvalue weighted by atomic mass is 35.5. The summed E-state index contributed by atoms with van der Waals surface area (Å²) in [5.41, 5.74) is 4.82. The number of pyridine rings is 1. The molecule has 13 heavy (non-hydrogen) atoms. The highest BCUT2D eigenvalue weighted by molar-refractivity contribution is 6.29. The molecule has 0 saturated heterocycles. The Morgan fingerprint density at radius 2 is 2.23 bits per heavy atom. The number of hydrogen-bond acceptors (Lipinski definition) is 3. The van der Waals surface area contributed by atoms with E-state index in [9.17, 15) is 8.78 Å². The van der Waals surface area contributed by atoms with E-state index in [1.54, 1.807) is 0 Å². The molecule has 0 atom stereocenters. The Morgan fingerprint density at radius 1 is 1.62 bits per heavy atom. The second kappa shape index (κ2) is 3.74. The summed E-state index contributed by atoms with van der Waals surface area (Å²) in [6.45, 7) is 0. The lowest BCUT2D eigenvalue weighted by Crippen LogP contribution is -2.01. The van der Waals surface area contributed by atoms with Crippen molar-refractivity contribution in [3.8, 4) is 5.75 Å². The summed E-state index contributed by atoms with van der Waals surface area (Å²) in [6, 6.07) is 1.19. The first-order valence-electron chi connectivity index (χ1n) is 3.34. The van der Waals surface area contributed by atoms with Crippen molar-refractivity contribution in [3.05, 3.63) is 16.8 Å². The number of alkyl halides is 2. The molecule has 0 aliphatic heterocycles. The molecule has 1 heterocycles. The number of methoxy groups -OCH3 is 1. The molecule has 0 amide bonds. The van der Waals surface area contributed by atoms with E-state index in [1.165, 1.54) is 13.2 Å². The Kier molecular flexibility index (Phi) is 2.87. The Balaban J connectivity index is 3.30. The van der Waals surface area contributed by atoms with Gasteiger partial charge in [-0.2, -0.15) is 0 Å². The van der Waals surface area contributed by atoms with E-state index in [-0.39, 0.29) is 16.7 Å². The zero-order chi connectivity index (χ0) is 10.0. The molecule has 3 nitrogen and oxygen atoms in total. The SMILES string of the molecule is COc1cc(Cl)nc(N)c1C(F)F. The average Bonchev–Trinajstić information content (AvgIpc) is 2.01. The van der Waals surface area contributed by atoms with E-state index >= 15 is 0 Å². The summed E-state index contributed by atoms with van der Waals surface area (Å²) < 4.78 is 29.4. The number of aromatic nitrogens is 1. The van der Waals surface area contributed by atoms with Crippen LogP contribution in [0.4, 0.5) is 14.6 Å². The summed E-state index contributed by atoms with van der Waals surface area (Å²) in [5.74, 6) is -0.355. The van der Waals surface area contributed by atoms with Gasteiger partial charge in [-0.3, -0.25) is 0 Å². The lowest BCUT2D eigenvalue weighted by atomic mass is 10.2. The first-order valence-corrected chi connectivity index (χ1v) is 3.72. The number of hydrogen-bond donors (Lipinski definition) is 1. The molecular formula is C7H7ClF2N2O. The van der Waals surface area contributed by atoms with Crippen LogP contribution in [0.5, 0.6) is 5.75 Å². The summed E-state index contributed by atoms with van der Waals surface area (Å²) in [5, 5.41) is 0.0266. The van der Waals surface area contributed by atoms with E-state index in [0.29, 0.717) is 0 Å². The minimum Gasteiger partial charge on any atom is -0.496 e. The normalized spacial score (nSPS) is 10.5. The number of halogens is 3. The van der Waals surface area contributed by atoms with E-state index in [1.807, 2.05) is 0 Å². The van der Waals surface area contributed by atoms with E-state index < -0.39 is 12.0 Å². The highest BCUT2D eigenvalue weighted by Crippen LogP contribution is 2.34. The van der Waals surface area contributed by atoms with Crippen LogP contribution in [0, 0.1) is 0 Å². The predicted molar refractivity (Wildman–Crippen MR) is 45.2 cm³/mol. The third-order valence-electron chi connectivity index (χ3n) is 1.46. The summed E-state index contributed by atoms with van der Waals surface area (Å²) in [6.07, 6.45) is -2.72. The van der Waals surface area contributed by atoms with Crippen LogP contribution in [-0.2, 0) is 0 Å². The van der Waals surface area contributed by atoms with Gasteiger partial charge in [0.05, 0.1) is 7.11 Å². The number of ether oxygens (including phenoxy) is 1. The van der Waals surface area contributed by atoms with Crippen molar-refractivity contribution < 1.29 is 13.5 Å². The largest absolute Gasteiger partial charge is 0.496 e. The maximum absolute atomic E-state index is 12.4. The zero-order valence-electron chi connectivity index (χ0n) is 6.72. The molecule has 0 unspecified atom stereocenters. The first-order chi connectivity index (χ1) is 6.06. The molecule has 6 heteroatoms. The molecule has 0 bridgehead atoms. The number of anilines is 1. The standard InChI is InChI=1S/C7H7ClF2N2O/c1-13-3-2-4(8)12-7(11)5(3)6(9)10/h2,6H,1H3,(H2,11,12). The van der Waals surface area contributed by atoms with Crippen molar-refractivity contribution in [2.75, 3.05) is 12.8 Å². The first kappa shape index (κ1) is 9.98. The van der Waals surface area contributed by atoms with Crippen LogP contribution in [0.25, 0.3) is 0 Å². The molecule has 0 aliphatic rings. The Labute approximate surface area is 78.5 Å². The van der Waals surface area contributed by atoms with E-state index in [0.717, 1.165) is 0 Å². The van der Waals surface area contributed by atoms with Gasteiger partial charge in [0, 0.05) is 6.07 Å². The summed E-state index contributed by atoms with van der Waals surface area (Å²) in [7, 11) is 1.26. The van der Waals surface area contributed by atoms with Gasteiger partial charge in [0.25, 0.3) is 6.43 Å². The van der Waals surface area contributed by atoms with Crippen LogP contribution in [0.15, 0.2) is 6.07 Å². The van der Waals surface area contributed by atoms with Gasteiger partial charge < -0.3 is 10.5 Å². The van der Waals surface area contributed by atoms with Gasteiger partial charge in [-0.1, -0.05) is 11.6 Å². The van der Waals surface area contributed by atoms with Crippen LogP contribution in [-0.4, -0.2) is 12.1 Å². The molecule has 1 rings (SSSR count). The van der Waals surface area contributed by atoms with Gasteiger partial charge in [0.15, 0.2) is 0 Å². The molecule has 1 aromatic heterocycles. The van der Waals surface area contributed by atoms with Crippen molar-refractivity contribution in [3.63, 3.8) is 0 Å². The van der Waals surface area contributed by atoms with Gasteiger partial charge in [-0.15, -0.1) is 0 Å². The smallest absolute Gasteiger partial charge is 0.270 e. The van der Waals surface area contributed by atoms with Crippen LogP contribution >= 0.6 is 11.6 Å². The molecule has 0 spiro atoms. The third kappa shape index (κ3) is 1.98. The fourth-order valence-corrected chi connectivity index (χ4v) is 1.10. The molecule has 2 N–H and O–H groups in total. The fraction of sp³-hybridized carbons (Fsp3) is 0.286. The van der Waals surface area contributed by atoms with Crippen molar-refractivity contribution in [1.82, 2.24) is 4.98 Å². The minimum absolute atomic E-state index is 0.0266. The van der Waals surface area contributed by atoms with E-state index in [4.69, 9.17) is 17.3 Å².